The van der Waals surface area contributed by atoms with Crippen molar-refractivity contribution in [2.45, 2.75) is 40.5 Å². The molecule has 0 aliphatic rings. The van der Waals surface area contributed by atoms with Gasteiger partial charge in [0.05, 0.1) is 0 Å². The van der Waals surface area contributed by atoms with Crippen molar-refractivity contribution in [1.29, 1.82) is 0 Å². The van der Waals surface area contributed by atoms with Crippen LogP contribution in [0.5, 0.6) is 0 Å². The van der Waals surface area contributed by atoms with E-state index in [0.717, 1.165) is 18.5 Å². The molecule has 0 saturated carbocycles. The third-order valence-corrected chi connectivity index (χ3v) is 3.21. The van der Waals surface area contributed by atoms with Crippen LogP contribution < -0.4 is 0 Å². The fraction of sp³-hybridized carbons (Fsp3) is 0.444. The van der Waals surface area contributed by atoms with Crippen molar-refractivity contribution < 1.29 is 0 Å². The average molecular weight is 268 g/mol. The summed E-state index contributed by atoms with van der Waals surface area (Å²) in [4.78, 5) is 8.84. The Kier molecular flexibility index (Phi) is 4.89. The highest BCUT2D eigenvalue weighted by molar-refractivity contribution is 5.63. The Hall–Kier alpha value is -1.70. The van der Waals surface area contributed by atoms with Crippen LogP contribution in [0.1, 0.15) is 39.0 Å². The molecule has 2 heteroatoms. The van der Waals surface area contributed by atoms with Crippen LogP contribution in [-0.2, 0) is 12.8 Å². The zero-order valence-corrected chi connectivity index (χ0v) is 12.9. The minimum atomic E-state index is 0.628. The van der Waals surface area contributed by atoms with Crippen LogP contribution in [0.3, 0.4) is 0 Å². The van der Waals surface area contributed by atoms with Crippen LogP contribution >= 0.6 is 0 Å². The maximum atomic E-state index is 4.46. The van der Waals surface area contributed by atoms with E-state index >= 15 is 0 Å². The Bertz CT molecular complexity index is 507. The number of hydrogen-bond donors (Lipinski definition) is 0. The van der Waals surface area contributed by atoms with Crippen LogP contribution in [0.4, 0.5) is 0 Å². The lowest BCUT2D eigenvalue weighted by Crippen LogP contribution is -1.98. The summed E-state index contributed by atoms with van der Waals surface area (Å²) >= 11 is 0. The molecular formula is C18H24N2. The van der Waals surface area contributed by atoms with Crippen molar-refractivity contribution in [2.75, 3.05) is 0 Å². The van der Waals surface area contributed by atoms with E-state index in [2.05, 4.69) is 55.9 Å². The van der Waals surface area contributed by atoms with E-state index in [1.165, 1.54) is 16.7 Å². The maximum Gasteiger partial charge on any atom is 0.0412 e. The van der Waals surface area contributed by atoms with Crippen molar-refractivity contribution in [3.63, 3.8) is 0 Å². The quantitative estimate of drug-likeness (QED) is 0.795. The molecule has 2 heterocycles. The van der Waals surface area contributed by atoms with Crippen molar-refractivity contribution >= 4 is 0 Å². The normalized spacial score (nSPS) is 11.3. The van der Waals surface area contributed by atoms with E-state index in [-0.39, 0.29) is 0 Å². The summed E-state index contributed by atoms with van der Waals surface area (Å²) in [7, 11) is 0. The first kappa shape index (κ1) is 14.7. The minimum Gasteiger partial charge on any atom is -0.264 e. The molecule has 0 unspecified atom stereocenters. The molecule has 106 valence electrons. The third kappa shape index (κ3) is 4.16. The molecule has 0 atom stereocenters. The first-order chi connectivity index (χ1) is 9.54. The SMILES string of the molecule is CC(C)Cc1cncc(-c2ccnc(CC(C)C)c2)c1. The molecule has 0 spiro atoms. The van der Waals surface area contributed by atoms with E-state index in [0.29, 0.717) is 11.8 Å². The minimum absolute atomic E-state index is 0.628. The van der Waals surface area contributed by atoms with E-state index < -0.39 is 0 Å². The second-order valence-corrected chi connectivity index (χ2v) is 6.31. The van der Waals surface area contributed by atoms with Crippen molar-refractivity contribution in [3.8, 4) is 11.1 Å². The Morgan fingerprint density at radius 1 is 0.900 bits per heavy atom. The lowest BCUT2D eigenvalue weighted by atomic mass is 9.99. The van der Waals surface area contributed by atoms with Gasteiger partial charge in [0.1, 0.15) is 0 Å². The summed E-state index contributed by atoms with van der Waals surface area (Å²) in [6, 6.07) is 6.51. The molecule has 2 aromatic rings. The van der Waals surface area contributed by atoms with Crippen LogP contribution in [0.15, 0.2) is 36.8 Å². The van der Waals surface area contributed by atoms with Gasteiger partial charge >= 0.3 is 0 Å². The molecule has 0 fully saturated rings. The third-order valence-electron chi connectivity index (χ3n) is 3.21. The summed E-state index contributed by atoms with van der Waals surface area (Å²) in [6.07, 6.45) is 7.91. The second kappa shape index (κ2) is 6.65. The lowest BCUT2D eigenvalue weighted by Gasteiger charge is -2.09. The predicted molar refractivity (Wildman–Crippen MR) is 84.6 cm³/mol. The summed E-state index contributed by atoms with van der Waals surface area (Å²) in [5.74, 6) is 1.28. The van der Waals surface area contributed by atoms with Gasteiger partial charge < -0.3 is 0 Å². The van der Waals surface area contributed by atoms with Crippen molar-refractivity contribution in [1.82, 2.24) is 9.97 Å². The van der Waals surface area contributed by atoms with Crippen LogP contribution in [0.2, 0.25) is 0 Å². The second-order valence-electron chi connectivity index (χ2n) is 6.31. The van der Waals surface area contributed by atoms with Gasteiger partial charge in [-0.05, 0) is 54.0 Å². The lowest BCUT2D eigenvalue weighted by molar-refractivity contribution is 0.635. The molecule has 2 aromatic heterocycles. The molecule has 0 N–H and O–H groups in total. The smallest absolute Gasteiger partial charge is 0.0412 e. The largest absolute Gasteiger partial charge is 0.264 e. The molecule has 0 aromatic carbocycles. The molecule has 0 aliphatic carbocycles. The molecule has 0 radical (unpaired) electrons. The van der Waals surface area contributed by atoms with Gasteiger partial charge in [0, 0.05) is 29.8 Å². The van der Waals surface area contributed by atoms with Gasteiger partial charge in [-0.25, -0.2) is 0 Å². The summed E-state index contributed by atoms with van der Waals surface area (Å²) in [5, 5.41) is 0. The predicted octanol–water partition coefficient (Wildman–Crippen LogP) is 4.54. The fourth-order valence-electron chi connectivity index (χ4n) is 2.42. The van der Waals surface area contributed by atoms with Crippen LogP contribution in [0, 0.1) is 11.8 Å². The van der Waals surface area contributed by atoms with Gasteiger partial charge in [-0.15, -0.1) is 0 Å². The van der Waals surface area contributed by atoms with E-state index in [4.69, 9.17) is 0 Å². The monoisotopic (exact) mass is 268 g/mol. The number of aromatic nitrogens is 2. The van der Waals surface area contributed by atoms with Gasteiger partial charge in [0.25, 0.3) is 0 Å². The highest BCUT2D eigenvalue weighted by atomic mass is 14.7. The van der Waals surface area contributed by atoms with Crippen molar-refractivity contribution in [3.05, 3.63) is 48.0 Å². The Morgan fingerprint density at radius 2 is 1.65 bits per heavy atom. The number of pyridine rings is 2. The van der Waals surface area contributed by atoms with E-state index in [1.807, 2.05) is 18.6 Å². The number of hydrogen-bond acceptors (Lipinski definition) is 2. The van der Waals surface area contributed by atoms with Gasteiger partial charge in [-0.1, -0.05) is 27.7 Å². The van der Waals surface area contributed by atoms with Gasteiger partial charge in [0.2, 0.25) is 0 Å². The first-order valence-electron chi connectivity index (χ1n) is 7.44. The Labute approximate surface area is 122 Å². The van der Waals surface area contributed by atoms with Crippen molar-refractivity contribution in [2.24, 2.45) is 11.8 Å². The Balaban J connectivity index is 2.26. The zero-order valence-electron chi connectivity index (χ0n) is 12.9. The van der Waals surface area contributed by atoms with E-state index in [1.54, 1.807) is 0 Å². The fourth-order valence-corrected chi connectivity index (χ4v) is 2.42. The number of rotatable bonds is 5. The molecular weight excluding hydrogens is 244 g/mol. The van der Waals surface area contributed by atoms with Crippen LogP contribution in [0.25, 0.3) is 11.1 Å². The standard InChI is InChI=1S/C18H24N2/c1-13(2)7-15-9-17(12-19-11-15)16-5-6-20-18(10-16)8-14(3)4/h5-6,9-14H,7-8H2,1-4H3. The summed E-state index contributed by atoms with van der Waals surface area (Å²) in [5.41, 5.74) is 4.87. The molecule has 2 nitrogen and oxygen atoms in total. The maximum absolute atomic E-state index is 4.46. The highest BCUT2D eigenvalue weighted by Gasteiger charge is 2.05. The molecule has 0 bridgehead atoms. The molecule has 20 heavy (non-hydrogen) atoms. The van der Waals surface area contributed by atoms with Gasteiger partial charge in [-0.3, -0.25) is 9.97 Å². The summed E-state index contributed by atoms with van der Waals surface area (Å²) in [6.45, 7) is 8.91. The summed E-state index contributed by atoms with van der Waals surface area (Å²) < 4.78 is 0. The molecule has 2 rings (SSSR count). The van der Waals surface area contributed by atoms with Gasteiger partial charge in [-0.2, -0.15) is 0 Å². The number of nitrogens with zero attached hydrogens (tertiary/aromatic N) is 2. The molecule has 0 amide bonds. The van der Waals surface area contributed by atoms with Gasteiger partial charge in [0.15, 0.2) is 0 Å². The zero-order chi connectivity index (χ0) is 14.5. The first-order valence-corrected chi connectivity index (χ1v) is 7.44. The molecule has 0 saturated heterocycles. The van der Waals surface area contributed by atoms with E-state index in [9.17, 15) is 0 Å². The topological polar surface area (TPSA) is 25.8 Å². The van der Waals surface area contributed by atoms with Crippen LogP contribution in [-0.4, -0.2) is 9.97 Å². The highest BCUT2D eigenvalue weighted by Crippen LogP contribution is 2.21. The Morgan fingerprint density at radius 3 is 2.35 bits per heavy atom. The average Bonchev–Trinajstić information content (AvgIpc) is 2.38. The molecule has 0 aliphatic heterocycles.